The molecule has 0 amide bonds. The fourth-order valence-electron chi connectivity index (χ4n) is 2.96. The van der Waals surface area contributed by atoms with Crippen molar-refractivity contribution in [2.45, 2.75) is 37.3 Å². The normalized spacial score (nSPS) is 31.9. The molecule has 0 bridgehead atoms. The smallest absolute Gasteiger partial charge is 0.166 e. The number of carbonyl (C=O) groups is 2. The van der Waals surface area contributed by atoms with Crippen LogP contribution >= 0.6 is 0 Å². The molecule has 2 rings (SSSR count). The van der Waals surface area contributed by atoms with Crippen molar-refractivity contribution in [3.05, 3.63) is 0 Å². The van der Waals surface area contributed by atoms with Gasteiger partial charge < -0.3 is 29.5 Å². The summed E-state index contributed by atoms with van der Waals surface area (Å²) < 4.78 is 10.9. The fourth-order valence-corrected chi connectivity index (χ4v) is 2.96. The zero-order chi connectivity index (χ0) is 17.7. The molecule has 0 spiro atoms. The molecule has 2 saturated heterocycles. The van der Waals surface area contributed by atoms with Crippen LogP contribution < -0.4 is 0 Å². The second-order valence-corrected chi connectivity index (χ2v) is 6.67. The minimum absolute atomic E-state index is 0.162. The molecule has 0 aromatic rings. The van der Waals surface area contributed by atoms with Crippen LogP contribution in [-0.2, 0) is 19.1 Å². The number of hydrogen-bond donors (Lipinski definition) is 2. The summed E-state index contributed by atoms with van der Waals surface area (Å²) >= 11 is 0. The molecule has 0 radical (unpaired) electrons. The molecule has 2 aliphatic rings. The van der Waals surface area contributed by atoms with Gasteiger partial charge in [-0.3, -0.25) is 9.59 Å². The van der Waals surface area contributed by atoms with Crippen molar-refractivity contribution in [3.63, 3.8) is 0 Å². The largest absolute Gasteiger partial charge is 0.383 e. The summed E-state index contributed by atoms with van der Waals surface area (Å²) in [5, 5.41) is 19.7. The van der Waals surface area contributed by atoms with Crippen molar-refractivity contribution >= 4 is 11.6 Å². The summed E-state index contributed by atoms with van der Waals surface area (Å²) in [6.45, 7) is 3.07. The maximum atomic E-state index is 11.5. The van der Waals surface area contributed by atoms with Gasteiger partial charge in [-0.25, -0.2) is 0 Å². The summed E-state index contributed by atoms with van der Waals surface area (Å²) in [7, 11) is 3.80. The number of aliphatic hydroxyl groups excluding tert-OH is 2. The number of hydrogen-bond acceptors (Lipinski definition) is 8. The summed E-state index contributed by atoms with van der Waals surface area (Å²) in [5.74, 6) is -0.324. The van der Waals surface area contributed by atoms with Gasteiger partial charge in [0.1, 0.15) is 24.4 Å². The molecule has 0 aromatic carbocycles. The second-order valence-electron chi connectivity index (χ2n) is 6.67. The highest BCUT2D eigenvalue weighted by Gasteiger charge is 2.33. The van der Waals surface area contributed by atoms with Crippen molar-refractivity contribution in [2.24, 2.45) is 0 Å². The van der Waals surface area contributed by atoms with Gasteiger partial charge in [-0.15, -0.1) is 0 Å². The number of rotatable bonds is 7. The maximum Gasteiger partial charge on any atom is 0.166 e. The molecule has 2 N–H and O–H groups in total. The van der Waals surface area contributed by atoms with Crippen molar-refractivity contribution < 1.29 is 29.3 Å². The van der Waals surface area contributed by atoms with E-state index in [0.717, 1.165) is 0 Å². The molecule has 138 valence electrons. The first-order valence-corrected chi connectivity index (χ1v) is 8.40. The third kappa shape index (κ3) is 5.30. The highest BCUT2D eigenvalue weighted by Crippen LogP contribution is 2.13. The Hall–Kier alpha value is -0.900. The number of ether oxygens (including phenoxy) is 2. The van der Waals surface area contributed by atoms with E-state index in [9.17, 15) is 19.8 Å². The van der Waals surface area contributed by atoms with Crippen LogP contribution in [0.5, 0.6) is 0 Å². The first kappa shape index (κ1) is 19.4. The van der Waals surface area contributed by atoms with Gasteiger partial charge in [0.15, 0.2) is 11.6 Å². The van der Waals surface area contributed by atoms with Crippen LogP contribution in [0.2, 0.25) is 0 Å². The van der Waals surface area contributed by atoms with Gasteiger partial charge in [0.2, 0.25) is 0 Å². The van der Waals surface area contributed by atoms with E-state index in [1.165, 1.54) is 0 Å². The van der Waals surface area contributed by atoms with Crippen LogP contribution in [0.4, 0.5) is 0 Å². The monoisotopic (exact) mass is 344 g/mol. The van der Waals surface area contributed by atoms with Gasteiger partial charge in [0, 0.05) is 39.0 Å². The summed E-state index contributed by atoms with van der Waals surface area (Å²) in [6, 6.07) is 0. The minimum Gasteiger partial charge on any atom is -0.383 e. The zero-order valence-electron chi connectivity index (χ0n) is 14.4. The van der Waals surface area contributed by atoms with Gasteiger partial charge in [-0.2, -0.15) is 0 Å². The highest BCUT2D eigenvalue weighted by atomic mass is 16.5. The summed E-state index contributed by atoms with van der Waals surface area (Å²) in [4.78, 5) is 27.0. The first-order valence-electron chi connectivity index (χ1n) is 8.40. The van der Waals surface area contributed by atoms with Crippen LogP contribution in [-0.4, -0.2) is 109 Å². The van der Waals surface area contributed by atoms with Crippen molar-refractivity contribution in [1.29, 1.82) is 0 Å². The van der Waals surface area contributed by atoms with E-state index < -0.39 is 24.4 Å². The van der Waals surface area contributed by atoms with Gasteiger partial charge in [-0.05, 0) is 14.1 Å². The van der Waals surface area contributed by atoms with E-state index in [4.69, 9.17) is 9.47 Å². The molecule has 8 nitrogen and oxygen atoms in total. The van der Waals surface area contributed by atoms with Crippen molar-refractivity contribution in [1.82, 2.24) is 9.80 Å². The molecule has 24 heavy (non-hydrogen) atoms. The van der Waals surface area contributed by atoms with Crippen molar-refractivity contribution in [2.75, 3.05) is 53.5 Å². The number of nitrogens with zero attached hydrogens (tertiary/aromatic N) is 2. The molecule has 0 aliphatic carbocycles. The zero-order valence-corrected chi connectivity index (χ0v) is 14.4. The van der Waals surface area contributed by atoms with Gasteiger partial charge in [-0.1, -0.05) is 0 Å². The predicted molar refractivity (Wildman–Crippen MR) is 85.7 cm³/mol. The molecule has 8 heteroatoms. The van der Waals surface area contributed by atoms with E-state index in [2.05, 4.69) is 0 Å². The lowest BCUT2D eigenvalue weighted by Crippen LogP contribution is -2.49. The number of ketones is 2. The first-order chi connectivity index (χ1) is 11.4. The van der Waals surface area contributed by atoms with Gasteiger partial charge >= 0.3 is 0 Å². The minimum atomic E-state index is -1.05. The van der Waals surface area contributed by atoms with Crippen LogP contribution in [0, 0.1) is 0 Å². The fraction of sp³-hybridized carbons (Fsp3) is 0.875. The molecule has 2 heterocycles. The lowest BCUT2D eigenvalue weighted by molar-refractivity contribution is -0.149. The molecule has 0 saturated carbocycles. The number of aliphatic hydroxyl groups is 2. The van der Waals surface area contributed by atoms with Gasteiger partial charge in [0.05, 0.1) is 13.2 Å². The third-order valence-corrected chi connectivity index (χ3v) is 4.57. The lowest BCUT2D eigenvalue weighted by atomic mass is 10.0. The SMILES string of the molecule is CN(CCN(C)CC1OCCC(=O)C1O)CC1OCCC(=O)C1O. The molecular weight excluding hydrogens is 316 g/mol. The van der Waals surface area contributed by atoms with Crippen LogP contribution in [0.1, 0.15) is 12.8 Å². The Bertz CT molecular complexity index is 406. The summed E-state index contributed by atoms with van der Waals surface area (Å²) in [6.07, 6.45) is -2.52. The van der Waals surface area contributed by atoms with Crippen LogP contribution in [0.15, 0.2) is 0 Å². The highest BCUT2D eigenvalue weighted by molar-refractivity contribution is 5.84. The Morgan fingerprint density at radius 3 is 1.62 bits per heavy atom. The molecule has 2 fully saturated rings. The second kappa shape index (κ2) is 8.98. The van der Waals surface area contributed by atoms with Crippen molar-refractivity contribution in [3.8, 4) is 0 Å². The quantitative estimate of drug-likeness (QED) is 0.563. The van der Waals surface area contributed by atoms with E-state index in [1.54, 1.807) is 0 Å². The van der Waals surface area contributed by atoms with E-state index in [0.29, 0.717) is 39.4 Å². The Morgan fingerprint density at radius 1 is 0.875 bits per heavy atom. The molecule has 4 atom stereocenters. The Balaban J connectivity index is 1.70. The van der Waals surface area contributed by atoms with E-state index >= 15 is 0 Å². The molecule has 4 unspecified atom stereocenters. The van der Waals surface area contributed by atoms with Gasteiger partial charge in [0.25, 0.3) is 0 Å². The topological polar surface area (TPSA) is 99.5 Å². The average Bonchev–Trinajstić information content (AvgIpc) is 2.54. The van der Waals surface area contributed by atoms with E-state index in [1.807, 2.05) is 23.9 Å². The Morgan fingerprint density at radius 2 is 1.25 bits per heavy atom. The van der Waals surface area contributed by atoms with Crippen LogP contribution in [0.3, 0.4) is 0 Å². The number of carbonyl (C=O) groups excluding carboxylic acids is 2. The average molecular weight is 344 g/mol. The third-order valence-electron chi connectivity index (χ3n) is 4.57. The Labute approximate surface area is 142 Å². The maximum absolute atomic E-state index is 11.5. The molecular formula is C16H28N2O6. The Kier molecular flexibility index (Phi) is 7.27. The van der Waals surface area contributed by atoms with E-state index in [-0.39, 0.29) is 24.4 Å². The number of Topliss-reactive ketones (excluding diaryl/α,β-unsaturated/α-hetero) is 2. The molecule has 2 aliphatic heterocycles. The standard InChI is InChI=1S/C16H28N2O6/c1-17(9-13-15(21)11(19)3-7-23-13)5-6-18(2)10-14-16(22)12(20)4-8-24-14/h13-16,21-22H,3-10H2,1-2H3. The lowest BCUT2D eigenvalue weighted by Gasteiger charge is -2.33. The summed E-state index contributed by atoms with van der Waals surface area (Å²) in [5.41, 5.74) is 0. The molecule has 0 aromatic heterocycles. The van der Waals surface area contributed by atoms with Crippen LogP contribution in [0.25, 0.3) is 0 Å². The predicted octanol–water partition coefficient (Wildman–Crippen LogP) is -1.71. The number of likely N-dealkylation sites (N-methyl/N-ethyl adjacent to an activating group) is 2.